The molecule has 34 heavy (non-hydrogen) atoms. The van der Waals surface area contributed by atoms with Crippen LogP contribution in [0.25, 0.3) is 0 Å². The Labute approximate surface area is 199 Å². The molecule has 9 nitrogen and oxygen atoms in total. The number of aromatic nitrogens is 1. The molecule has 0 saturated carbocycles. The highest BCUT2D eigenvalue weighted by atomic mass is 32.2. The lowest BCUT2D eigenvalue weighted by molar-refractivity contribution is -0.137. The van der Waals surface area contributed by atoms with Gasteiger partial charge in [-0.2, -0.15) is 0 Å². The zero-order valence-electron chi connectivity index (χ0n) is 18.1. The second-order valence-electron chi connectivity index (χ2n) is 7.51. The maximum absolute atomic E-state index is 13.1. The van der Waals surface area contributed by atoms with Crippen LogP contribution in [0, 0.1) is 0 Å². The highest BCUT2D eigenvalue weighted by Crippen LogP contribution is 2.32. The summed E-state index contributed by atoms with van der Waals surface area (Å²) in [4.78, 5) is 32.7. The van der Waals surface area contributed by atoms with Gasteiger partial charge in [-0.25, -0.2) is 0 Å². The van der Waals surface area contributed by atoms with Crippen LogP contribution in [0.2, 0.25) is 0 Å². The molecule has 0 radical (unpaired) electrons. The van der Waals surface area contributed by atoms with Crippen LogP contribution in [0.3, 0.4) is 0 Å². The molecule has 0 spiro atoms. The van der Waals surface area contributed by atoms with E-state index in [1.165, 1.54) is 6.20 Å². The Hall–Kier alpha value is -3.89. The van der Waals surface area contributed by atoms with Crippen molar-refractivity contribution >= 4 is 40.4 Å². The second kappa shape index (κ2) is 10.8. The third kappa shape index (κ3) is 5.91. The molecule has 4 rings (SSSR count). The first kappa shape index (κ1) is 23.3. The standard InChI is InChI=1S/C24H23N5O4S/c30-22(31)14-21(17-2-1-11-25-15-17)34(33)20-9-7-18(8-10-20)28-23(32)16-3-5-19(6-4-16)29-24-26-12-13-27-24/h1-11,15,21H,12-14H2,(H,28,32)(H,30,31)(H2,26,27,29). The summed E-state index contributed by atoms with van der Waals surface area (Å²) in [7, 11) is 0. The van der Waals surface area contributed by atoms with E-state index in [0.29, 0.717) is 27.7 Å². The summed E-state index contributed by atoms with van der Waals surface area (Å²) in [5, 5.41) is 17.6. The van der Waals surface area contributed by atoms with Gasteiger partial charge >= 0.3 is 5.97 Å². The molecule has 2 unspecified atom stereocenters. The zero-order valence-corrected chi connectivity index (χ0v) is 18.9. The van der Waals surface area contributed by atoms with Gasteiger partial charge in [0.15, 0.2) is 16.1 Å². The molecule has 2 heterocycles. The minimum absolute atomic E-state index is 0.282. The Bertz CT molecular complexity index is 1170. The van der Waals surface area contributed by atoms with Gasteiger partial charge in [0, 0.05) is 41.4 Å². The van der Waals surface area contributed by atoms with Gasteiger partial charge in [0.2, 0.25) is 0 Å². The minimum atomic E-state index is -1.61. The molecular weight excluding hydrogens is 454 g/mol. The number of benzene rings is 2. The van der Waals surface area contributed by atoms with Crippen LogP contribution < -0.4 is 16.0 Å². The minimum Gasteiger partial charge on any atom is -0.611 e. The van der Waals surface area contributed by atoms with Crippen LogP contribution in [0.15, 0.2) is 82.9 Å². The number of carboxylic acids is 1. The molecule has 1 aliphatic heterocycles. The van der Waals surface area contributed by atoms with Crippen LogP contribution >= 0.6 is 0 Å². The molecule has 1 aliphatic rings. The van der Waals surface area contributed by atoms with Crippen molar-refractivity contribution in [1.29, 1.82) is 0 Å². The van der Waals surface area contributed by atoms with E-state index in [0.717, 1.165) is 18.8 Å². The van der Waals surface area contributed by atoms with E-state index in [-0.39, 0.29) is 12.3 Å². The number of amides is 1. The second-order valence-corrected chi connectivity index (χ2v) is 9.14. The number of carboxylic acid groups (broad SMARTS) is 1. The van der Waals surface area contributed by atoms with Crippen molar-refractivity contribution in [3.63, 3.8) is 0 Å². The van der Waals surface area contributed by atoms with Crippen molar-refractivity contribution in [2.24, 2.45) is 4.99 Å². The number of carbonyl (C=O) groups excluding carboxylic acids is 1. The summed E-state index contributed by atoms with van der Waals surface area (Å²) < 4.78 is 13.1. The SMILES string of the molecule is O=C(O)CC(c1cccnc1)[S+]([O-])c1ccc(NC(=O)c2ccc(NC3=NCCN3)cc2)cc1. The van der Waals surface area contributed by atoms with Crippen molar-refractivity contribution in [2.45, 2.75) is 16.6 Å². The molecule has 0 saturated heterocycles. The fourth-order valence-electron chi connectivity index (χ4n) is 3.41. The summed E-state index contributed by atoms with van der Waals surface area (Å²) in [6.07, 6.45) is 2.82. The van der Waals surface area contributed by atoms with Crippen LogP contribution in [0.1, 0.15) is 27.6 Å². The van der Waals surface area contributed by atoms with E-state index in [4.69, 9.17) is 0 Å². The van der Waals surface area contributed by atoms with Gasteiger partial charge in [-0.05, 0) is 65.8 Å². The van der Waals surface area contributed by atoms with Gasteiger partial charge in [-0.3, -0.25) is 19.6 Å². The first-order chi connectivity index (χ1) is 16.5. The number of hydrogen-bond donors (Lipinski definition) is 4. The number of nitrogens with one attached hydrogen (secondary N) is 3. The number of hydrogen-bond acceptors (Lipinski definition) is 7. The van der Waals surface area contributed by atoms with Crippen LogP contribution in [0.4, 0.5) is 11.4 Å². The van der Waals surface area contributed by atoms with Crippen LogP contribution in [-0.4, -0.2) is 45.6 Å². The van der Waals surface area contributed by atoms with Crippen molar-refractivity contribution in [3.05, 3.63) is 84.2 Å². The maximum Gasteiger partial charge on any atom is 0.308 e. The number of guanidine groups is 1. The lowest BCUT2D eigenvalue weighted by Gasteiger charge is -2.20. The number of pyridine rings is 1. The maximum atomic E-state index is 13.1. The average molecular weight is 478 g/mol. The molecule has 1 aromatic heterocycles. The number of rotatable bonds is 8. The molecule has 0 aliphatic carbocycles. The van der Waals surface area contributed by atoms with Gasteiger partial charge in [-0.1, -0.05) is 6.07 Å². The largest absolute Gasteiger partial charge is 0.611 e. The monoisotopic (exact) mass is 477 g/mol. The summed E-state index contributed by atoms with van der Waals surface area (Å²) in [5.74, 6) is -0.612. The van der Waals surface area contributed by atoms with Gasteiger partial charge < -0.3 is 25.6 Å². The Morgan fingerprint density at radius 3 is 2.44 bits per heavy atom. The summed E-state index contributed by atoms with van der Waals surface area (Å²) in [6.45, 7) is 1.54. The molecule has 0 fully saturated rings. The highest BCUT2D eigenvalue weighted by Gasteiger charge is 2.29. The number of carbonyl (C=O) groups is 2. The van der Waals surface area contributed by atoms with Crippen LogP contribution in [0.5, 0.6) is 0 Å². The number of aliphatic carboxylic acids is 1. The van der Waals surface area contributed by atoms with Crippen molar-refractivity contribution in [3.8, 4) is 0 Å². The molecule has 1 amide bonds. The van der Waals surface area contributed by atoms with Crippen LogP contribution in [-0.2, 0) is 16.0 Å². The third-order valence-corrected chi connectivity index (χ3v) is 6.80. The zero-order chi connectivity index (χ0) is 23.9. The van der Waals surface area contributed by atoms with Gasteiger partial charge in [-0.15, -0.1) is 0 Å². The normalized spacial score (nSPS) is 14.4. The van der Waals surface area contributed by atoms with E-state index in [1.54, 1.807) is 66.9 Å². The molecule has 10 heteroatoms. The molecule has 4 N–H and O–H groups in total. The number of anilines is 2. The molecule has 174 valence electrons. The first-order valence-corrected chi connectivity index (χ1v) is 11.8. The quantitative estimate of drug-likeness (QED) is 0.366. The lowest BCUT2D eigenvalue weighted by Crippen LogP contribution is -2.26. The molecule has 3 aromatic rings. The van der Waals surface area contributed by atoms with E-state index in [2.05, 4.69) is 25.9 Å². The summed E-state index contributed by atoms with van der Waals surface area (Å²) in [6, 6.07) is 16.9. The third-order valence-electron chi connectivity index (χ3n) is 5.10. The van der Waals surface area contributed by atoms with E-state index in [1.807, 2.05) is 0 Å². The van der Waals surface area contributed by atoms with Crippen molar-refractivity contribution < 1.29 is 19.2 Å². The van der Waals surface area contributed by atoms with Gasteiger partial charge in [0.25, 0.3) is 5.91 Å². The fourth-order valence-corrected chi connectivity index (χ4v) is 4.82. The van der Waals surface area contributed by atoms with Crippen molar-refractivity contribution in [2.75, 3.05) is 23.7 Å². The van der Waals surface area contributed by atoms with E-state index < -0.39 is 22.4 Å². The van der Waals surface area contributed by atoms with Crippen molar-refractivity contribution in [1.82, 2.24) is 10.3 Å². The Balaban J connectivity index is 1.40. The number of nitrogens with zero attached hydrogens (tertiary/aromatic N) is 2. The lowest BCUT2D eigenvalue weighted by atomic mass is 10.1. The topological polar surface area (TPSA) is 139 Å². The summed E-state index contributed by atoms with van der Waals surface area (Å²) in [5.41, 5.74) is 2.43. The smallest absolute Gasteiger partial charge is 0.308 e. The molecular formula is C24H23N5O4S. The number of aliphatic imine (C=N–C) groups is 1. The Morgan fingerprint density at radius 2 is 1.82 bits per heavy atom. The van der Waals surface area contributed by atoms with Gasteiger partial charge in [0.05, 0.1) is 13.0 Å². The summed E-state index contributed by atoms with van der Waals surface area (Å²) >= 11 is -1.61. The van der Waals surface area contributed by atoms with E-state index in [9.17, 15) is 19.2 Å². The average Bonchev–Trinajstić information content (AvgIpc) is 3.36. The predicted molar refractivity (Wildman–Crippen MR) is 130 cm³/mol. The molecule has 2 atom stereocenters. The first-order valence-electron chi connectivity index (χ1n) is 10.6. The Morgan fingerprint density at radius 1 is 1.09 bits per heavy atom. The van der Waals surface area contributed by atoms with Gasteiger partial charge in [0.1, 0.15) is 0 Å². The molecule has 0 bridgehead atoms. The predicted octanol–water partition coefficient (Wildman–Crippen LogP) is 3.03. The highest BCUT2D eigenvalue weighted by molar-refractivity contribution is 7.91. The van der Waals surface area contributed by atoms with E-state index >= 15 is 0 Å². The fraction of sp³-hybridized carbons (Fsp3) is 0.167. The Kier molecular flexibility index (Phi) is 7.41. The molecule has 2 aromatic carbocycles.